The number of para-hydroxylation sites is 1. The van der Waals surface area contributed by atoms with Crippen LogP contribution in [-0.4, -0.2) is 19.1 Å². The van der Waals surface area contributed by atoms with Gasteiger partial charge in [0, 0.05) is 5.56 Å². The number of nitrogens with one attached hydrogen (secondary N) is 1. The zero-order chi connectivity index (χ0) is 13.7. The van der Waals surface area contributed by atoms with Gasteiger partial charge in [-0.25, -0.2) is 0 Å². The average Bonchev–Trinajstić information content (AvgIpc) is 2.37. The summed E-state index contributed by atoms with van der Waals surface area (Å²) in [4.78, 5) is 11.9. The molecule has 1 aromatic rings. The molecule has 1 amide bonds. The lowest BCUT2D eigenvalue weighted by Gasteiger charge is -2.21. The Kier molecular flexibility index (Phi) is 5.16. The van der Waals surface area contributed by atoms with E-state index in [2.05, 4.69) is 5.32 Å². The minimum Gasteiger partial charge on any atom is -0.496 e. The highest BCUT2D eigenvalue weighted by atomic mass is 16.5. The first-order valence-corrected chi connectivity index (χ1v) is 6.16. The maximum Gasteiger partial charge on any atom is 0.237 e. The lowest BCUT2D eigenvalue weighted by molar-refractivity contribution is -0.123. The van der Waals surface area contributed by atoms with E-state index in [0.29, 0.717) is 0 Å². The van der Waals surface area contributed by atoms with E-state index in [0.717, 1.165) is 11.3 Å². The van der Waals surface area contributed by atoms with Gasteiger partial charge in [-0.15, -0.1) is 0 Å². The van der Waals surface area contributed by atoms with E-state index in [9.17, 15) is 4.79 Å². The van der Waals surface area contributed by atoms with Crippen molar-refractivity contribution in [3.8, 4) is 5.75 Å². The smallest absolute Gasteiger partial charge is 0.237 e. The minimum atomic E-state index is -0.484. The SMILES string of the molecule is COc1ccccc1[C@H](C)NC(=O)[C@H](N)C(C)C. The molecule has 1 rings (SSSR count). The molecule has 3 N–H and O–H groups in total. The van der Waals surface area contributed by atoms with Crippen molar-refractivity contribution in [3.05, 3.63) is 29.8 Å². The van der Waals surface area contributed by atoms with E-state index in [1.165, 1.54) is 0 Å². The van der Waals surface area contributed by atoms with Gasteiger partial charge in [0.2, 0.25) is 5.91 Å². The molecule has 100 valence electrons. The molecule has 2 atom stereocenters. The molecule has 0 aliphatic rings. The molecule has 0 aliphatic carbocycles. The van der Waals surface area contributed by atoms with Crippen LogP contribution in [0.2, 0.25) is 0 Å². The summed E-state index contributed by atoms with van der Waals surface area (Å²) in [5, 5.41) is 2.91. The fourth-order valence-electron chi connectivity index (χ4n) is 1.71. The van der Waals surface area contributed by atoms with Gasteiger partial charge in [-0.1, -0.05) is 32.0 Å². The summed E-state index contributed by atoms with van der Waals surface area (Å²) in [6.45, 7) is 5.78. The van der Waals surface area contributed by atoms with Crippen LogP contribution in [0.5, 0.6) is 5.75 Å². The number of hydrogen-bond acceptors (Lipinski definition) is 3. The van der Waals surface area contributed by atoms with E-state index in [-0.39, 0.29) is 17.9 Å². The number of rotatable bonds is 5. The highest BCUT2D eigenvalue weighted by Crippen LogP contribution is 2.24. The van der Waals surface area contributed by atoms with Crippen molar-refractivity contribution >= 4 is 5.91 Å². The molecule has 0 unspecified atom stereocenters. The topological polar surface area (TPSA) is 64.3 Å². The normalized spacial score (nSPS) is 14.1. The summed E-state index contributed by atoms with van der Waals surface area (Å²) in [5.74, 6) is 0.752. The molecular formula is C14H22N2O2. The van der Waals surface area contributed by atoms with Crippen molar-refractivity contribution in [3.63, 3.8) is 0 Å². The summed E-state index contributed by atoms with van der Waals surface area (Å²) >= 11 is 0. The Bertz CT molecular complexity index is 405. The zero-order valence-electron chi connectivity index (χ0n) is 11.4. The van der Waals surface area contributed by atoms with Crippen molar-refractivity contribution < 1.29 is 9.53 Å². The molecule has 18 heavy (non-hydrogen) atoms. The predicted octanol–water partition coefficient (Wildman–Crippen LogP) is 1.86. The van der Waals surface area contributed by atoms with Gasteiger partial charge in [0.25, 0.3) is 0 Å². The highest BCUT2D eigenvalue weighted by molar-refractivity contribution is 5.82. The van der Waals surface area contributed by atoms with Gasteiger partial charge in [-0.2, -0.15) is 0 Å². The number of nitrogens with two attached hydrogens (primary N) is 1. The molecule has 0 radical (unpaired) electrons. The number of ether oxygens (including phenoxy) is 1. The second kappa shape index (κ2) is 6.40. The third-order valence-corrected chi connectivity index (χ3v) is 2.99. The van der Waals surface area contributed by atoms with Crippen LogP contribution in [0, 0.1) is 5.92 Å². The molecule has 0 spiro atoms. The molecule has 0 saturated heterocycles. The summed E-state index contributed by atoms with van der Waals surface area (Å²) < 4.78 is 5.27. The van der Waals surface area contributed by atoms with E-state index in [4.69, 9.17) is 10.5 Å². The number of carbonyl (C=O) groups excluding carboxylic acids is 1. The monoisotopic (exact) mass is 250 g/mol. The fraction of sp³-hybridized carbons (Fsp3) is 0.500. The molecule has 0 heterocycles. The maximum atomic E-state index is 11.9. The highest BCUT2D eigenvalue weighted by Gasteiger charge is 2.20. The van der Waals surface area contributed by atoms with Gasteiger partial charge < -0.3 is 15.8 Å². The molecule has 4 nitrogen and oxygen atoms in total. The third kappa shape index (κ3) is 3.47. The van der Waals surface area contributed by atoms with Crippen molar-refractivity contribution in [1.29, 1.82) is 0 Å². The van der Waals surface area contributed by atoms with Crippen LogP contribution in [-0.2, 0) is 4.79 Å². The number of carbonyl (C=O) groups is 1. The summed E-state index contributed by atoms with van der Waals surface area (Å²) in [7, 11) is 1.62. The zero-order valence-corrected chi connectivity index (χ0v) is 11.4. The Hall–Kier alpha value is -1.55. The Labute approximate surface area is 109 Å². The van der Waals surface area contributed by atoms with Crippen molar-refractivity contribution in [1.82, 2.24) is 5.32 Å². The van der Waals surface area contributed by atoms with E-state index in [1.54, 1.807) is 7.11 Å². The first kappa shape index (κ1) is 14.5. The van der Waals surface area contributed by atoms with Gasteiger partial charge in [0.1, 0.15) is 5.75 Å². The fourth-order valence-corrected chi connectivity index (χ4v) is 1.71. The minimum absolute atomic E-state index is 0.120. The number of hydrogen-bond donors (Lipinski definition) is 2. The lowest BCUT2D eigenvalue weighted by Crippen LogP contribution is -2.44. The van der Waals surface area contributed by atoms with E-state index >= 15 is 0 Å². The molecular weight excluding hydrogens is 228 g/mol. The molecule has 0 bridgehead atoms. The van der Waals surface area contributed by atoms with Crippen LogP contribution in [0.25, 0.3) is 0 Å². The Morgan fingerprint density at radius 1 is 1.28 bits per heavy atom. The van der Waals surface area contributed by atoms with Gasteiger partial charge >= 0.3 is 0 Å². The molecule has 4 heteroatoms. The standard InChI is InChI=1S/C14H22N2O2/c1-9(2)13(15)14(17)16-10(3)11-7-5-6-8-12(11)18-4/h5-10,13H,15H2,1-4H3,(H,16,17)/t10-,13+/m0/s1. The summed E-state index contributed by atoms with van der Waals surface area (Å²) in [5.41, 5.74) is 6.76. The Morgan fingerprint density at radius 3 is 2.44 bits per heavy atom. The lowest BCUT2D eigenvalue weighted by atomic mass is 10.0. The van der Waals surface area contributed by atoms with Gasteiger partial charge in [-0.05, 0) is 18.9 Å². The molecule has 0 saturated carbocycles. The van der Waals surface area contributed by atoms with Crippen LogP contribution in [0.4, 0.5) is 0 Å². The van der Waals surface area contributed by atoms with E-state index in [1.807, 2.05) is 45.0 Å². The van der Waals surface area contributed by atoms with Crippen molar-refractivity contribution in [2.75, 3.05) is 7.11 Å². The molecule has 0 aromatic heterocycles. The van der Waals surface area contributed by atoms with E-state index < -0.39 is 6.04 Å². The molecule has 0 aliphatic heterocycles. The third-order valence-electron chi connectivity index (χ3n) is 2.99. The first-order chi connectivity index (χ1) is 8.47. The van der Waals surface area contributed by atoms with Crippen molar-refractivity contribution in [2.45, 2.75) is 32.9 Å². The van der Waals surface area contributed by atoms with Crippen LogP contribution in [0.15, 0.2) is 24.3 Å². The number of methoxy groups -OCH3 is 1. The Balaban J connectivity index is 2.76. The number of benzene rings is 1. The second-order valence-electron chi connectivity index (χ2n) is 4.74. The van der Waals surface area contributed by atoms with Crippen LogP contribution < -0.4 is 15.8 Å². The van der Waals surface area contributed by atoms with Gasteiger partial charge in [0.05, 0.1) is 19.2 Å². The van der Waals surface area contributed by atoms with Crippen LogP contribution in [0.1, 0.15) is 32.4 Å². The average molecular weight is 250 g/mol. The Morgan fingerprint density at radius 2 is 1.89 bits per heavy atom. The first-order valence-electron chi connectivity index (χ1n) is 6.16. The molecule has 0 fully saturated rings. The van der Waals surface area contributed by atoms with Gasteiger partial charge in [0.15, 0.2) is 0 Å². The number of amides is 1. The molecule has 1 aromatic carbocycles. The van der Waals surface area contributed by atoms with Crippen molar-refractivity contribution in [2.24, 2.45) is 11.7 Å². The van der Waals surface area contributed by atoms with Crippen LogP contribution >= 0.6 is 0 Å². The van der Waals surface area contributed by atoms with Gasteiger partial charge in [-0.3, -0.25) is 4.79 Å². The predicted molar refractivity (Wildman–Crippen MR) is 72.4 cm³/mol. The maximum absolute atomic E-state index is 11.9. The summed E-state index contributed by atoms with van der Waals surface area (Å²) in [6.07, 6.45) is 0. The largest absolute Gasteiger partial charge is 0.496 e. The van der Waals surface area contributed by atoms with Crippen LogP contribution in [0.3, 0.4) is 0 Å². The quantitative estimate of drug-likeness (QED) is 0.838. The summed E-state index contributed by atoms with van der Waals surface area (Å²) in [6, 6.07) is 7.02. The second-order valence-corrected chi connectivity index (χ2v) is 4.74.